The first kappa shape index (κ1) is 16.4. The van der Waals surface area contributed by atoms with E-state index in [0.717, 1.165) is 13.0 Å². The highest BCUT2D eigenvalue weighted by Crippen LogP contribution is 2.12. The van der Waals surface area contributed by atoms with Crippen molar-refractivity contribution in [3.63, 3.8) is 0 Å². The molecule has 2 atom stereocenters. The second kappa shape index (κ2) is 10.2. The van der Waals surface area contributed by atoms with Gasteiger partial charge in [0.15, 0.2) is 0 Å². The van der Waals surface area contributed by atoms with Gasteiger partial charge in [-0.25, -0.2) is 0 Å². The van der Waals surface area contributed by atoms with Gasteiger partial charge in [-0.1, -0.05) is 12.8 Å². The van der Waals surface area contributed by atoms with Gasteiger partial charge in [-0.05, 0) is 32.7 Å². The molecule has 5 heteroatoms. The molecule has 0 radical (unpaired) electrons. The molecule has 0 bridgehead atoms. The fraction of sp³-hybridized carbons (Fsp3) is 0.929. The molecule has 1 rings (SSSR count). The molecule has 1 fully saturated rings. The smallest absolute Gasteiger partial charge is 0.234 e. The number of amides is 1. The Balaban J connectivity index is 2.09. The van der Waals surface area contributed by atoms with Crippen molar-refractivity contribution < 1.29 is 9.53 Å². The van der Waals surface area contributed by atoms with Crippen LogP contribution < -0.4 is 16.0 Å². The fourth-order valence-electron chi connectivity index (χ4n) is 2.43. The average molecular weight is 271 g/mol. The molecule has 3 N–H and O–H groups in total. The summed E-state index contributed by atoms with van der Waals surface area (Å²) in [5.41, 5.74) is 0. The molecule has 0 aromatic carbocycles. The number of hydrogen-bond donors (Lipinski definition) is 3. The van der Waals surface area contributed by atoms with Crippen LogP contribution in [0.5, 0.6) is 0 Å². The number of methoxy groups -OCH3 is 1. The van der Waals surface area contributed by atoms with Crippen LogP contribution in [-0.2, 0) is 9.53 Å². The maximum atomic E-state index is 11.5. The molecule has 0 spiro atoms. The number of carbonyl (C=O) groups excluding carboxylic acids is 1. The van der Waals surface area contributed by atoms with E-state index < -0.39 is 0 Å². The van der Waals surface area contributed by atoms with Gasteiger partial charge in [0.1, 0.15) is 0 Å². The topological polar surface area (TPSA) is 62.4 Å². The molecule has 0 aromatic rings. The van der Waals surface area contributed by atoms with Crippen LogP contribution in [0.3, 0.4) is 0 Å². The molecular formula is C14H29N3O2. The zero-order valence-corrected chi connectivity index (χ0v) is 12.3. The van der Waals surface area contributed by atoms with Gasteiger partial charge in [-0.3, -0.25) is 4.79 Å². The van der Waals surface area contributed by atoms with Crippen LogP contribution in [0, 0.1) is 0 Å². The van der Waals surface area contributed by atoms with E-state index in [-0.39, 0.29) is 5.91 Å². The molecule has 112 valence electrons. The quantitative estimate of drug-likeness (QED) is 0.567. The van der Waals surface area contributed by atoms with Gasteiger partial charge in [0, 0.05) is 25.7 Å². The van der Waals surface area contributed by atoms with Gasteiger partial charge in [0.05, 0.1) is 13.2 Å². The largest absolute Gasteiger partial charge is 0.383 e. The minimum atomic E-state index is 0.0396. The Morgan fingerprint density at radius 3 is 3.05 bits per heavy atom. The zero-order valence-electron chi connectivity index (χ0n) is 12.3. The summed E-state index contributed by atoms with van der Waals surface area (Å²) in [6, 6.07) is 0.963. The molecule has 1 heterocycles. The highest BCUT2D eigenvalue weighted by atomic mass is 16.5. The third-order valence-electron chi connectivity index (χ3n) is 3.54. The Morgan fingerprint density at radius 2 is 2.26 bits per heavy atom. The fourth-order valence-corrected chi connectivity index (χ4v) is 2.43. The van der Waals surface area contributed by atoms with Crippen molar-refractivity contribution in [1.82, 2.24) is 16.0 Å². The highest BCUT2D eigenvalue weighted by Gasteiger charge is 2.15. The van der Waals surface area contributed by atoms with E-state index in [1.807, 2.05) is 0 Å². The third kappa shape index (κ3) is 8.18. The van der Waals surface area contributed by atoms with Crippen LogP contribution in [0.4, 0.5) is 0 Å². The molecule has 1 saturated heterocycles. The lowest BCUT2D eigenvalue weighted by Gasteiger charge is -2.21. The SMILES string of the molecule is COCCNC(=O)CNC(C)CC1CCCCCN1. The summed E-state index contributed by atoms with van der Waals surface area (Å²) in [6.07, 6.45) is 6.30. The summed E-state index contributed by atoms with van der Waals surface area (Å²) >= 11 is 0. The number of carbonyl (C=O) groups is 1. The van der Waals surface area contributed by atoms with Crippen molar-refractivity contribution >= 4 is 5.91 Å². The number of nitrogens with one attached hydrogen (secondary N) is 3. The maximum Gasteiger partial charge on any atom is 0.234 e. The van der Waals surface area contributed by atoms with Crippen LogP contribution in [-0.4, -0.2) is 51.3 Å². The Morgan fingerprint density at radius 1 is 1.42 bits per heavy atom. The molecule has 1 aliphatic heterocycles. The van der Waals surface area contributed by atoms with Crippen molar-refractivity contribution in [2.45, 2.75) is 51.1 Å². The van der Waals surface area contributed by atoms with Crippen LogP contribution in [0.1, 0.15) is 39.0 Å². The second-order valence-corrected chi connectivity index (χ2v) is 5.36. The standard InChI is InChI=1S/C14H29N3O2/c1-12(10-13-6-4-3-5-7-15-13)17-11-14(18)16-8-9-19-2/h12-13,15,17H,3-11H2,1-2H3,(H,16,18). The van der Waals surface area contributed by atoms with E-state index in [2.05, 4.69) is 22.9 Å². The maximum absolute atomic E-state index is 11.5. The van der Waals surface area contributed by atoms with Gasteiger partial charge in [0.25, 0.3) is 0 Å². The first-order valence-electron chi connectivity index (χ1n) is 7.44. The molecule has 5 nitrogen and oxygen atoms in total. The van der Waals surface area contributed by atoms with E-state index >= 15 is 0 Å². The van der Waals surface area contributed by atoms with Gasteiger partial charge in [0.2, 0.25) is 5.91 Å². The minimum Gasteiger partial charge on any atom is -0.383 e. The third-order valence-corrected chi connectivity index (χ3v) is 3.54. The van der Waals surface area contributed by atoms with Crippen molar-refractivity contribution in [3.05, 3.63) is 0 Å². The van der Waals surface area contributed by atoms with Gasteiger partial charge >= 0.3 is 0 Å². The van der Waals surface area contributed by atoms with E-state index in [0.29, 0.717) is 31.8 Å². The highest BCUT2D eigenvalue weighted by molar-refractivity contribution is 5.77. The van der Waals surface area contributed by atoms with Crippen LogP contribution in [0.15, 0.2) is 0 Å². The summed E-state index contributed by atoms with van der Waals surface area (Å²) in [5.74, 6) is 0.0396. The first-order chi connectivity index (χ1) is 9.22. The van der Waals surface area contributed by atoms with E-state index in [9.17, 15) is 4.79 Å². The van der Waals surface area contributed by atoms with Crippen molar-refractivity contribution in [2.24, 2.45) is 0 Å². The molecular weight excluding hydrogens is 242 g/mol. The average Bonchev–Trinajstić information content (AvgIpc) is 2.65. The van der Waals surface area contributed by atoms with Crippen LogP contribution in [0.25, 0.3) is 0 Å². The lowest BCUT2D eigenvalue weighted by molar-refractivity contribution is -0.120. The van der Waals surface area contributed by atoms with Crippen LogP contribution in [0.2, 0.25) is 0 Å². The van der Waals surface area contributed by atoms with Gasteiger partial charge in [-0.2, -0.15) is 0 Å². The van der Waals surface area contributed by atoms with Crippen molar-refractivity contribution in [2.75, 3.05) is 33.4 Å². The van der Waals surface area contributed by atoms with Crippen LogP contribution >= 0.6 is 0 Å². The summed E-state index contributed by atoms with van der Waals surface area (Å²) in [7, 11) is 1.63. The van der Waals surface area contributed by atoms with E-state index in [1.165, 1.54) is 25.7 Å². The monoisotopic (exact) mass is 271 g/mol. The summed E-state index contributed by atoms with van der Waals surface area (Å²) in [5, 5.41) is 9.68. The lowest BCUT2D eigenvalue weighted by atomic mass is 10.0. The first-order valence-corrected chi connectivity index (χ1v) is 7.44. The lowest BCUT2D eigenvalue weighted by Crippen LogP contribution is -2.42. The molecule has 2 unspecified atom stereocenters. The predicted molar refractivity (Wildman–Crippen MR) is 77.2 cm³/mol. The van der Waals surface area contributed by atoms with E-state index in [4.69, 9.17) is 4.74 Å². The van der Waals surface area contributed by atoms with Gasteiger partial charge in [-0.15, -0.1) is 0 Å². The Labute approximate surface area is 116 Å². The minimum absolute atomic E-state index is 0.0396. The Bertz CT molecular complexity index is 241. The molecule has 0 aromatic heterocycles. The number of ether oxygens (including phenoxy) is 1. The molecule has 1 amide bonds. The van der Waals surface area contributed by atoms with E-state index in [1.54, 1.807) is 7.11 Å². The summed E-state index contributed by atoms with van der Waals surface area (Å²) in [4.78, 5) is 11.5. The van der Waals surface area contributed by atoms with Crippen molar-refractivity contribution in [3.8, 4) is 0 Å². The molecule has 0 saturated carbocycles. The molecule has 0 aliphatic carbocycles. The molecule has 19 heavy (non-hydrogen) atoms. The summed E-state index contributed by atoms with van der Waals surface area (Å²) < 4.78 is 4.89. The summed E-state index contributed by atoms with van der Waals surface area (Å²) in [6.45, 7) is 4.81. The second-order valence-electron chi connectivity index (χ2n) is 5.36. The molecule has 1 aliphatic rings. The van der Waals surface area contributed by atoms with Crippen molar-refractivity contribution in [1.29, 1.82) is 0 Å². The normalized spacial score (nSPS) is 21.7. The Hall–Kier alpha value is -0.650. The number of hydrogen-bond acceptors (Lipinski definition) is 4. The Kier molecular flexibility index (Phi) is 8.79. The predicted octanol–water partition coefficient (Wildman–Crippen LogP) is 0.649. The number of rotatable bonds is 8. The zero-order chi connectivity index (χ0) is 13.9. The van der Waals surface area contributed by atoms with Gasteiger partial charge < -0.3 is 20.7 Å².